The zero-order chi connectivity index (χ0) is 18.8. The molecule has 1 aliphatic rings. The Morgan fingerprint density at radius 2 is 1.89 bits per heavy atom. The van der Waals surface area contributed by atoms with Crippen LogP contribution in [-0.4, -0.2) is 67.3 Å². The Labute approximate surface area is 157 Å². The average Bonchev–Trinajstić information content (AvgIpc) is 3.36. The second-order valence-electron chi connectivity index (χ2n) is 6.97. The van der Waals surface area contributed by atoms with Crippen LogP contribution in [0.3, 0.4) is 0 Å². The van der Waals surface area contributed by atoms with Crippen molar-refractivity contribution in [3.8, 4) is 11.3 Å². The van der Waals surface area contributed by atoms with Crippen molar-refractivity contribution in [2.45, 2.75) is 20.4 Å². The molecule has 0 bridgehead atoms. The Morgan fingerprint density at radius 3 is 2.59 bits per heavy atom. The van der Waals surface area contributed by atoms with Crippen LogP contribution in [0.5, 0.6) is 0 Å². The number of carbonyl (C=O) groups excluding carboxylic acids is 1. The van der Waals surface area contributed by atoms with Crippen LogP contribution in [0, 0.1) is 13.8 Å². The summed E-state index contributed by atoms with van der Waals surface area (Å²) in [6.45, 7) is 8.04. The van der Waals surface area contributed by atoms with E-state index in [0.29, 0.717) is 18.9 Å². The zero-order valence-electron chi connectivity index (χ0n) is 15.6. The van der Waals surface area contributed by atoms with E-state index in [0.717, 1.165) is 30.9 Å². The summed E-state index contributed by atoms with van der Waals surface area (Å²) in [5.41, 5.74) is 5.95. The molecular weight excluding hydrogens is 342 g/mol. The maximum Gasteiger partial charge on any atom is 0.291 e. The third-order valence-electron chi connectivity index (χ3n) is 5.18. The highest BCUT2D eigenvalue weighted by molar-refractivity contribution is 5.90. The molecule has 27 heavy (non-hydrogen) atoms. The molecule has 2 aromatic heterocycles. The average molecular weight is 365 g/mol. The maximum absolute atomic E-state index is 12.3. The van der Waals surface area contributed by atoms with Gasteiger partial charge in [0.2, 0.25) is 5.82 Å². The molecule has 140 valence electrons. The summed E-state index contributed by atoms with van der Waals surface area (Å²) in [7, 11) is 0. The van der Waals surface area contributed by atoms with Crippen molar-refractivity contribution < 1.29 is 4.79 Å². The van der Waals surface area contributed by atoms with Gasteiger partial charge in [-0.25, -0.2) is 4.98 Å². The highest BCUT2D eigenvalue weighted by Gasteiger charge is 2.24. The summed E-state index contributed by atoms with van der Waals surface area (Å²) in [4.78, 5) is 20.5. The lowest BCUT2D eigenvalue weighted by molar-refractivity contribution is 0.0617. The Morgan fingerprint density at radius 1 is 1.07 bits per heavy atom. The number of hydrogen-bond acceptors (Lipinski definition) is 5. The smallest absolute Gasteiger partial charge is 0.291 e. The van der Waals surface area contributed by atoms with Gasteiger partial charge in [0, 0.05) is 43.9 Å². The molecule has 1 aromatic carbocycles. The van der Waals surface area contributed by atoms with Crippen LogP contribution in [0.2, 0.25) is 0 Å². The number of rotatable bonds is 4. The molecule has 8 heteroatoms. The molecule has 3 heterocycles. The number of carbonyl (C=O) groups is 1. The fraction of sp³-hybridized carbons (Fsp3) is 0.368. The van der Waals surface area contributed by atoms with E-state index < -0.39 is 0 Å². The van der Waals surface area contributed by atoms with E-state index in [1.54, 1.807) is 0 Å². The predicted molar refractivity (Wildman–Crippen MR) is 101 cm³/mol. The molecule has 1 fully saturated rings. The molecule has 0 saturated carbocycles. The lowest BCUT2D eigenvalue weighted by atomic mass is 10.0. The molecule has 0 unspecified atom stereocenters. The number of H-pyrrole nitrogens is 2. The van der Waals surface area contributed by atoms with Gasteiger partial charge in [0.05, 0.1) is 11.9 Å². The summed E-state index contributed by atoms with van der Waals surface area (Å²) >= 11 is 0. The maximum atomic E-state index is 12.3. The van der Waals surface area contributed by atoms with E-state index in [1.807, 2.05) is 11.1 Å². The molecule has 0 spiro atoms. The summed E-state index contributed by atoms with van der Waals surface area (Å²) in [6.07, 6.45) is 3.26. The number of hydrogen-bond donors (Lipinski definition) is 2. The SMILES string of the molecule is Cc1ccc(-c2[nH]ncc2CN2CCN(C(=O)c3ncn[nH]3)CC2)cc1C. The Hall–Kier alpha value is -3.00. The zero-order valence-corrected chi connectivity index (χ0v) is 15.6. The molecule has 3 aromatic rings. The van der Waals surface area contributed by atoms with E-state index in [2.05, 4.69) is 62.3 Å². The lowest BCUT2D eigenvalue weighted by Crippen LogP contribution is -2.48. The van der Waals surface area contributed by atoms with Gasteiger partial charge in [-0.05, 0) is 31.0 Å². The van der Waals surface area contributed by atoms with Crippen molar-refractivity contribution in [3.63, 3.8) is 0 Å². The fourth-order valence-electron chi connectivity index (χ4n) is 3.39. The monoisotopic (exact) mass is 365 g/mol. The minimum absolute atomic E-state index is 0.0914. The van der Waals surface area contributed by atoms with Gasteiger partial charge in [0.25, 0.3) is 5.91 Å². The van der Waals surface area contributed by atoms with E-state index in [1.165, 1.54) is 23.0 Å². The first kappa shape index (κ1) is 17.4. The Bertz CT molecular complexity index is 923. The van der Waals surface area contributed by atoms with Gasteiger partial charge in [-0.3, -0.25) is 19.9 Å². The van der Waals surface area contributed by atoms with Crippen LogP contribution in [0.15, 0.2) is 30.7 Å². The van der Waals surface area contributed by atoms with Gasteiger partial charge in [0.1, 0.15) is 6.33 Å². The van der Waals surface area contributed by atoms with Gasteiger partial charge in [-0.1, -0.05) is 12.1 Å². The minimum Gasteiger partial charge on any atom is -0.333 e. The van der Waals surface area contributed by atoms with Gasteiger partial charge < -0.3 is 4.90 Å². The van der Waals surface area contributed by atoms with Gasteiger partial charge in [0.15, 0.2) is 0 Å². The number of amides is 1. The second-order valence-corrected chi connectivity index (χ2v) is 6.97. The normalized spacial score (nSPS) is 15.3. The van der Waals surface area contributed by atoms with Crippen molar-refractivity contribution in [1.29, 1.82) is 0 Å². The molecule has 1 aliphatic heterocycles. The lowest BCUT2D eigenvalue weighted by Gasteiger charge is -2.34. The summed E-state index contributed by atoms with van der Waals surface area (Å²) in [5, 5.41) is 13.8. The van der Waals surface area contributed by atoms with Crippen molar-refractivity contribution in [1.82, 2.24) is 35.2 Å². The van der Waals surface area contributed by atoms with Gasteiger partial charge in [-0.2, -0.15) is 10.2 Å². The summed E-state index contributed by atoms with van der Waals surface area (Å²) in [6, 6.07) is 6.47. The van der Waals surface area contributed by atoms with Crippen molar-refractivity contribution in [3.05, 3.63) is 53.2 Å². The van der Waals surface area contributed by atoms with Crippen molar-refractivity contribution in [2.75, 3.05) is 26.2 Å². The second kappa shape index (κ2) is 7.32. The van der Waals surface area contributed by atoms with Crippen LogP contribution in [0.4, 0.5) is 0 Å². The molecule has 4 rings (SSSR count). The van der Waals surface area contributed by atoms with Crippen molar-refractivity contribution in [2.24, 2.45) is 0 Å². The van der Waals surface area contributed by atoms with Crippen LogP contribution >= 0.6 is 0 Å². The van der Waals surface area contributed by atoms with Crippen LogP contribution in [0.1, 0.15) is 27.3 Å². The molecule has 1 amide bonds. The topological polar surface area (TPSA) is 93.8 Å². The summed E-state index contributed by atoms with van der Waals surface area (Å²) in [5.74, 6) is 0.210. The van der Waals surface area contributed by atoms with E-state index >= 15 is 0 Å². The molecule has 0 atom stereocenters. The van der Waals surface area contributed by atoms with Gasteiger partial charge in [-0.15, -0.1) is 0 Å². The van der Waals surface area contributed by atoms with Crippen LogP contribution < -0.4 is 0 Å². The Kier molecular flexibility index (Phi) is 4.72. The standard InChI is InChI=1S/C19H23N7O/c1-13-3-4-15(9-14(13)2)17-16(10-21-23-17)11-25-5-7-26(8-6-25)19(27)18-20-12-22-24-18/h3-4,9-10,12H,5-8,11H2,1-2H3,(H,21,23)(H,20,22,24). The van der Waals surface area contributed by atoms with Crippen molar-refractivity contribution >= 4 is 5.91 Å². The molecule has 8 nitrogen and oxygen atoms in total. The largest absolute Gasteiger partial charge is 0.333 e. The summed E-state index contributed by atoms with van der Waals surface area (Å²) < 4.78 is 0. The number of aromatic nitrogens is 5. The predicted octanol–water partition coefficient (Wildman–Crippen LogP) is 1.77. The third kappa shape index (κ3) is 3.61. The number of aromatic amines is 2. The van der Waals surface area contributed by atoms with Crippen LogP contribution in [-0.2, 0) is 6.54 Å². The first-order valence-corrected chi connectivity index (χ1v) is 9.08. The quantitative estimate of drug-likeness (QED) is 0.735. The number of aryl methyl sites for hydroxylation is 2. The Balaban J connectivity index is 1.41. The first-order valence-electron chi connectivity index (χ1n) is 9.08. The van der Waals surface area contributed by atoms with Gasteiger partial charge >= 0.3 is 0 Å². The molecule has 2 N–H and O–H groups in total. The number of nitrogens with one attached hydrogen (secondary N) is 2. The highest BCUT2D eigenvalue weighted by Crippen LogP contribution is 2.25. The number of nitrogens with zero attached hydrogens (tertiary/aromatic N) is 5. The fourth-order valence-corrected chi connectivity index (χ4v) is 3.39. The van der Waals surface area contributed by atoms with E-state index in [-0.39, 0.29) is 5.91 Å². The molecular formula is C19H23N7O. The molecule has 0 aliphatic carbocycles. The highest BCUT2D eigenvalue weighted by atomic mass is 16.2. The van der Waals surface area contributed by atoms with E-state index in [9.17, 15) is 4.79 Å². The molecule has 0 radical (unpaired) electrons. The minimum atomic E-state index is -0.0914. The number of benzene rings is 1. The van der Waals surface area contributed by atoms with E-state index in [4.69, 9.17) is 0 Å². The molecule has 1 saturated heterocycles. The van der Waals surface area contributed by atoms with Crippen LogP contribution in [0.25, 0.3) is 11.3 Å². The number of piperazine rings is 1. The first-order chi connectivity index (χ1) is 13.1. The third-order valence-corrected chi connectivity index (χ3v) is 5.18.